The van der Waals surface area contributed by atoms with Crippen molar-refractivity contribution < 1.29 is 57.1 Å². The van der Waals surface area contributed by atoms with Crippen molar-refractivity contribution in [3.63, 3.8) is 0 Å². The minimum absolute atomic E-state index is 0. The fourth-order valence-electron chi connectivity index (χ4n) is 4.48. The molecule has 1 aromatic heterocycles. The first-order valence-electron chi connectivity index (χ1n) is 15.2. The Morgan fingerprint density at radius 2 is 1.80 bits per heavy atom. The second-order valence-corrected chi connectivity index (χ2v) is 12.1. The highest BCUT2D eigenvalue weighted by molar-refractivity contribution is 6.30. The molecule has 1 saturated heterocycles. The fourth-order valence-corrected chi connectivity index (χ4v) is 4.61. The lowest BCUT2D eigenvalue weighted by molar-refractivity contribution is -0.727. The van der Waals surface area contributed by atoms with Gasteiger partial charge in [0.05, 0.1) is 18.9 Å². The lowest BCUT2D eigenvalue weighted by atomic mass is 9.99. The Hall–Kier alpha value is -3.51. The first-order chi connectivity index (χ1) is 21.6. The van der Waals surface area contributed by atoms with Crippen molar-refractivity contribution >= 4 is 35.5 Å². The molecule has 3 rings (SSSR count). The molecule has 1 aliphatic heterocycles. The molecule has 2 heterocycles. The van der Waals surface area contributed by atoms with Crippen molar-refractivity contribution in [1.29, 1.82) is 5.26 Å². The number of nitrogens with one attached hydrogen (secondary N) is 2. The van der Waals surface area contributed by atoms with Crippen LogP contribution in [0.15, 0.2) is 53.8 Å². The third-order valence-corrected chi connectivity index (χ3v) is 6.95. The monoisotopic (exact) mass is 770 g/mol. The van der Waals surface area contributed by atoms with Crippen molar-refractivity contribution in [2.75, 3.05) is 38.2 Å². The van der Waals surface area contributed by atoms with E-state index in [-0.39, 0.29) is 49.3 Å². The predicted molar refractivity (Wildman–Crippen MR) is 170 cm³/mol. The van der Waals surface area contributed by atoms with E-state index in [1.54, 1.807) is 34.0 Å². The van der Waals surface area contributed by atoms with Crippen LogP contribution in [0.2, 0.25) is 5.02 Å². The number of pyridine rings is 1. The van der Waals surface area contributed by atoms with Crippen molar-refractivity contribution in [3.8, 4) is 11.9 Å². The summed E-state index contributed by atoms with van der Waals surface area (Å²) in [6.45, 7) is 8.03. The van der Waals surface area contributed by atoms with Gasteiger partial charge in [-0.25, -0.2) is 9.59 Å². The van der Waals surface area contributed by atoms with Crippen molar-refractivity contribution in [2.24, 2.45) is 10.9 Å². The van der Waals surface area contributed by atoms with Gasteiger partial charge in [0.15, 0.2) is 12.4 Å². The summed E-state index contributed by atoms with van der Waals surface area (Å²) in [5.41, 5.74) is 0.151. The van der Waals surface area contributed by atoms with Crippen molar-refractivity contribution in [2.45, 2.75) is 71.6 Å². The van der Waals surface area contributed by atoms with Gasteiger partial charge in [-0.15, -0.1) is 4.99 Å². The molecule has 2 N–H and O–H groups in total. The number of nitriles is 1. The van der Waals surface area contributed by atoms with Gasteiger partial charge in [-0.3, -0.25) is 0 Å². The van der Waals surface area contributed by atoms with E-state index >= 15 is 0 Å². The van der Waals surface area contributed by atoms with Gasteiger partial charge in [-0.2, -0.15) is 9.83 Å². The maximum atomic E-state index is 12.3. The third kappa shape index (κ3) is 15.7. The van der Waals surface area contributed by atoms with Crippen LogP contribution in [-0.2, 0) is 20.9 Å². The second kappa shape index (κ2) is 20.6. The highest BCUT2D eigenvalue weighted by Gasteiger charge is 2.28. The summed E-state index contributed by atoms with van der Waals surface area (Å²) >= 11 is 5.88. The third-order valence-electron chi connectivity index (χ3n) is 6.70. The lowest BCUT2D eigenvalue weighted by Crippen LogP contribution is -3.00. The smallest absolute Gasteiger partial charge is 0.513 e. The standard InChI is InChI=1S/C32H43ClN6O6.HI/c1-32(2,3)45-30(40)39-17-8-9-25(21-39)22-43-31(41)44-24-38-18-14-27(15-19-38)37-29(36-23-34)35-16-6-4-5-7-20-42-28-12-10-26(33)11-13-28;/h10-15,18-19,25H,4-9,16-17,20-22,24H2,1-3H3,(H,35,36);1H. The summed E-state index contributed by atoms with van der Waals surface area (Å²) in [5.74, 6) is 1.19. The number of likely N-dealkylation sites (tertiary alicyclic amines) is 1. The number of carbonyl (C=O) groups excluding carboxylic acids is 2. The van der Waals surface area contributed by atoms with Crippen LogP contribution < -0.4 is 43.9 Å². The van der Waals surface area contributed by atoms with Gasteiger partial charge < -0.3 is 58.5 Å². The Morgan fingerprint density at radius 3 is 2.50 bits per heavy atom. The Bertz CT molecular complexity index is 1280. The molecule has 0 bridgehead atoms. The van der Waals surface area contributed by atoms with Crippen molar-refractivity contribution in [1.82, 2.24) is 10.2 Å². The molecule has 1 aliphatic rings. The first kappa shape index (κ1) is 38.7. The number of carbonyl (C=O) groups is 2. The predicted octanol–water partition coefficient (Wildman–Crippen LogP) is 2.87. The minimum Gasteiger partial charge on any atom is -1.00 e. The number of ether oxygens (including phenoxy) is 4. The number of piperidine rings is 1. The molecule has 1 unspecified atom stereocenters. The van der Waals surface area contributed by atoms with Crippen LogP contribution in [0.4, 0.5) is 15.3 Å². The van der Waals surface area contributed by atoms with E-state index in [9.17, 15) is 9.59 Å². The molecule has 1 fully saturated rings. The molecule has 12 nitrogen and oxygen atoms in total. The highest BCUT2D eigenvalue weighted by Crippen LogP contribution is 2.20. The molecule has 1 aromatic carbocycles. The summed E-state index contributed by atoms with van der Waals surface area (Å²) in [5, 5.41) is 16.0. The van der Waals surface area contributed by atoms with E-state index < -0.39 is 11.8 Å². The molecule has 1 amide bonds. The number of hydrogen-bond acceptors (Lipinski definition) is 8. The van der Waals surface area contributed by atoms with E-state index in [2.05, 4.69) is 15.6 Å². The molecule has 0 aliphatic carbocycles. The van der Waals surface area contributed by atoms with E-state index in [4.69, 9.17) is 35.8 Å². The average Bonchev–Trinajstić information content (AvgIpc) is 3.01. The number of nitrogens with zero attached hydrogens (tertiary/aromatic N) is 4. The van der Waals surface area contributed by atoms with E-state index in [0.717, 1.165) is 44.3 Å². The van der Waals surface area contributed by atoms with Gasteiger partial charge in [0, 0.05) is 42.7 Å². The first-order valence-corrected chi connectivity index (χ1v) is 15.6. The Labute approximate surface area is 293 Å². The number of halogens is 2. The largest absolute Gasteiger partial charge is 1.00 e. The van der Waals surface area contributed by atoms with Gasteiger partial charge in [0.1, 0.15) is 11.4 Å². The quantitative estimate of drug-likeness (QED) is 0.0600. The van der Waals surface area contributed by atoms with Crippen LogP contribution in [0.1, 0.15) is 59.3 Å². The molecule has 2 aromatic rings. The Kier molecular flexibility index (Phi) is 17.3. The summed E-state index contributed by atoms with van der Waals surface area (Å²) in [4.78, 5) is 30.0. The van der Waals surface area contributed by atoms with Gasteiger partial charge in [-0.05, 0) is 70.7 Å². The molecule has 0 radical (unpaired) electrons. The topological polar surface area (TPSA) is 138 Å². The summed E-state index contributed by atoms with van der Waals surface area (Å²) in [7, 11) is 0. The highest BCUT2D eigenvalue weighted by atomic mass is 127. The van der Waals surface area contributed by atoms with E-state index in [1.807, 2.05) is 51.2 Å². The summed E-state index contributed by atoms with van der Waals surface area (Å²) < 4.78 is 23.4. The number of unbranched alkanes of at least 4 members (excludes halogenated alkanes) is 3. The van der Waals surface area contributed by atoms with Gasteiger partial charge in [0.25, 0.3) is 6.73 Å². The zero-order chi connectivity index (χ0) is 32.5. The van der Waals surface area contributed by atoms with Gasteiger partial charge in [0.2, 0.25) is 12.2 Å². The number of hydrogen-bond donors (Lipinski definition) is 2. The fraction of sp³-hybridized carbons (Fsp3) is 0.531. The normalized spacial score (nSPS) is 14.7. The zero-order valence-corrected chi connectivity index (χ0v) is 29.6. The van der Waals surface area contributed by atoms with Gasteiger partial charge in [-0.1, -0.05) is 24.4 Å². The molecular weight excluding hydrogens is 727 g/mol. The number of aliphatic imine (C=N–C) groups is 1. The number of rotatable bonds is 13. The molecule has 14 heteroatoms. The van der Waals surface area contributed by atoms with Crippen molar-refractivity contribution in [3.05, 3.63) is 53.8 Å². The number of anilines is 1. The SMILES string of the molecule is CC(C)(C)OC(=O)N1CCCC(COC(=O)OC[n+]2ccc(NC(=NC#N)NCCCCCCOc3ccc(Cl)cc3)cc2)C1.[I-]. The number of aromatic nitrogens is 1. The lowest BCUT2D eigenvalue weighted by Gasteiger charge is -2.33. The van der Waals surface area contributed by atoms with Crippen LogP contribution in [0.3, 0.4) is 0 Å². The molecule has 46 heavy (non-hydrogen) atoms. The van der Waals surface area contributed by atoms with Crippen LogP contribution >= 0.6 is 11.6 Å². The maximum absolute atomic E-state index is 12.3. The molecular formula is C32H44ClIN6O6. The number of guanidine groups is 1. The van der Waals surface area contributed by atoms with Gasteiger partial charge >= 0.3 is 12.2 Å². The molecule has 252 valence electrons. The Balaban J connectivity index is 0.00000736. The second-order valence-electron chi connectivity index (χ2n) is 11.7. The number of benzene rings is 1. The average molecular weight is 771 g/mol. The molecule has 0 spiro atoms. The van der Waals surface area contributed by atoms with E-state index in [1.165, 1.54) is 0 Å². The Morgan fingerprint density at radius 1 is 1.09 bits per heavy atom. The molecule has 1 atom stereocenters. The zero-order valence-electron chi connectivity index (χ0n) is 26.7. The minimum atomic E-state index is -0.777. The van der Waals surface area contributed by atoms with E-state index in [0.29, 0.717) is 42.9 Å². The maximum Gasteiger partial charge on any atom is 0.513 e. The van der Waals surface area contributed by atoms with Crippen LogP contribution in [0, 0.1) is 17.4 Å². The van der Waals surface area contributed by atoms with Crippen LogP contribution in [0.5, 0.6) is 5.75 Å². The number of amides is 1. The van der Waals surface area contributed by atoms with Crippen LogP contribution in [0.25, 0.3) is 0 Å². The van der Waals surface area contributed by atoms with Crippen LogP contribution in [-0.4, -0.2) is 61.6 Å². The summed E-state index contributed by atoms with van der Waals surface area (Å²) in [6, 6.07) is 10.9. The summed E-state index contributed by atoms with van der Waals surface area (Å²) in [6.07, 6.45) is 9.69. The molecule has 0 saturated carbocycles.